The topological polar surface area (TPSA) is 37.8 Å². The highest BCUT2D eigenvalue weighted by atomic mass is 15.0. The molecule has 3 nitrogen and oxygen atoms in total. The number of nitrogens with one attached hydrogen (secondary N) is 1. The summed E-state index contributed by atoms with van der Waals surface area (Å²) in [7, 11) is 0. The van der Waals surface area contributed by atoms with E-state index in [1.807, 2.05) is 0 Å². The van der Waals surface area contributed by atoms with Gasteiger partial charge in [0.15, 0.2) is 0 Å². The minimum Gasteiger partial charge on any atom is -0.311 e. The Kier molecular flexibility index (Phi) is 4.30. The summed E-state index contributed by atoms with van der Waals surface area (Å²) in [6, 6.07) is 10.6. The van der Waals surface area contributed by atoms with Crippen LogP contribution in [0.3, 0.4) is 0 Å². The molecule has 0 radical (unpaired) electrons. The van der Waals surface area contributed by atoms with E-state index in [0.717, 1.165) is 38.2 Å². The third-order valence-corrected chi connectivity index (χ3v) is 4.04. The highest BCUT2D eigenvalue weighted by molar-refractivity contribution is 5.30. The van der Waals surface area contributed by atoms with Crippen molar-refractivity contribution in [1.29, 1.82) is 0 Å². The van der Waals surface area contributed by atoms with Gasteiger partial charge in [-0.15, -0.1) is 0 Å². The lowest BCUT2D eigenvalue weighted by atomic mass is 9.97. The fourth-order valence-electron chi connectivity index (χ4n) is 2.93. The Labute approximate surface area is 126 Å². The average Bonchev–Trinajstić information content (AvgIpc) is 2.53. The van der Waals surface area contributed by atoms with E-state index >= 15 is 0 Å². The Bertz CT molecular complexity index is 605. The van der Waals surface area contributed by atoms with Crippen LogP contribution in [0.1, 0.15) is 48.1 Å². The molecule has 110 valence electrons. The fraction of sp³-hybridized carbons (Fsp3) is 0.444. The van der Waals surface area contributed by atoms with Gasteiger partial charge in [-0.2, -0.15) is 0 Å². The largest absolute Gasteiger partial charge is 0.311 e. The van der Waals surface area contributed by atoms with Gasteiger partial charge >= 0.3 is 0 Å². The summed E-state index contributed by atoms with van der Waals surface area (Å²) in [4.78, 5) is 9.66. The van der Waals surface area contributed by atoms with E-state index in [2.05, 4.69) is 49.5 Å². The fourth-order valence-corrected chi connectivity index (χ4v) is 2.93. The molecule has 1 N–H and O–H groups in total. The van der Waals surface area contributed by atoms with Crippen LogP contribution in [-0.2, 0) is 25.8 Å². The molecule has 1 aromatic carbocycles. The van der Waals surface area contributed by atoms with Gasteiger partial charge in [0.25, 0.3) is 0 Å². The van der Waals surface area contributed by atoms with Crippen LogP contribution < -0.4 is 5.32 Å². The number of aromatic nitrogens is 2. The summed E-state index contributed by atoms with van der Waals surface area (Å²) in [6.45, 7) is 6.38. The Morgan fingerprint density at radius 3 is 2.67 bits per heavy atom. The van der Waals surface area contributed by atoms with Crippen LogP contribution in [0, 0.1) is 0 Å². The first kappa shape index (κ1) is 14.2. The molecule has 1 aliphatic heterocycles. The van der Waals surface area contributed by atoms with Crippen LogP contribution in [-0.4, -0.2) is 16.5 Å². The van der Waals surface area contributed by atoms with E-state index in [9.17, 15) is 0 Å². The Morgan fingerprint density at radius 2 is 1.90 bits per heavy atom. The van der Waals surface area contributed by atoms with Gasteiger partial charge in [0.1, 0.15) is 5.82 Å². The first-order valence-corrected chi connectivity index (χ1v) is 7.87. The molecule has 2 aromatic rings. The second-order valence-corrected chi connectivity index (χ2v) is 6.02. The van der Waals surface area contributed by atoms with Crippen LogP contribution in [0.25, 0.3) is 0 Å². The predicted molar refractivity (Wildman–Crippen MR) is 85.4 cm³/mol. The summed E-state index contributed by atoms with van der Waals surface area (Å²) in [6.07, 6.45) is 2.98. The van der Waals surface area contributed by atoms with Gasteiger partial charge in [0.2, 0.25) is 0 Å². The summed E-state index contributed by atoms with van der Waals surface area (Å²) in [5.74, 6) is 1.46. The summed E-state index contributed by atoms with van der Waals surface area (Å²) >= 11 is 0. The van der Waals surface area contributed by atoms with Gasteiger partial charge in [-0.25, -0.2) is 9.97 Å². The smallest absolute Gasteiger partial charge is 0.129 e. The van der Waals surface area contributed by atoms with Crippen LogP contribution in [0.5, 0.6) is 0 Å². The molecule has 0 amide bonds. The standard InChI is InChI=1S/C18H23N3/c1-13(2)18-15-10-11-19-12-16(15)20-17(21-18)9-8-14-6-4-3-5-7-14/h3-7,13,19H,8-12H2,1-2H3. The first-order valence-electron chi connectivity index (χ1n) is 7.87. The third-order valence-electron chi connectivity index (χ3n) is 4.04. The highest BCUT2D eigenvalue weighted by Crippen LogP contribution is 2.23. The summed E-state index contributed by atoms with van der Waals surface area (Å²) in [5, 5.41) is 3.42. The molecule has 0 fully saturated rings. The number of fused-ring (bicyclic) bond motifs is 1. The lowest BCUT2D eigenvalue weighted by molar-refractivity contribution is 0.598. The maximum atomic E-state index is 4.86. The van der Waals surface area contributed by atoms with Crippen molar-refractivity contribution in [2.45, 2.75) is 45.6 Å². The van der Waals surface area contributed by atoms with E-state index in [-0.39, 0.29) is 0 Å². The molecule has 0 spiro atoms. The van der Waals surface area contributed by atoms with Crippen molar-refractivity contribution in [3.05, 3.63) is 58.7 Å². The minimum atomic E-state index is 0.468. The second-order valence-electron chi connectivity index (χ2n) is 6.02. The molecule has 3 rings (SSSR count). The maximum Gasteiger partial charge on any atom is 0.129 e. The first-order chi connectivity index (χ1) is 10.2. The number of aryl methyl sites for hydroxylation is 2. The van der Waals surface area contributed by atoms with E-state index in [0.29, 0.717) is 5.92 Å². The van der Waals surface area contributed by atoms with E-state index in [1.54, 1.807) is 0 Å². The molecular formula is C18H23N3. The summed E-state index contributed by atoms with van der Waals surface area (Å²) < 4.78 is 0. The zero-order valence-electron chi connectivity index (χ0n) is 12.9. The molecule has 21 heavy (non-hydrogen) atoms. The molecule has 0 bridgehead atoms. The van der Waals surface area contributed by atoms with Crippen molar-refractivity contribution in [2.75, 3.05) is 6.54 Å². The van der Waals surface area contributed by atoms with Gasteiger partial charge in [0.05, 0.1) is 11.4 Å². The Morgan fingerprint density at radius 1 is 1.10 bits per heavy atom. The molecule has 0 saturated carbocycles. The SMILES string of the molecule is CC(C)c1nc(CCc2ccccc2)nc2c1CCNC2. The van der Waals surface area contributed by atoms with Crippen LogP contribution in [0.2, 0.25) is 0 Å². The predicted octanol–water partition coefficient (Wildman–Crippen LogP) is 3.03. The molecule has 0 atom stereocenters. The van der Waals surface area contributed by atoms with Crippen LogP contribution >= 0.6 is 0 Å². The zero-order chi connectivity index (χ0) is 14.7. The molecule has 2 heterocycles. The summed E-state index contributed by atoms with van der Waals surface area (Å²) in [5.41, 5.74) is 5.20. The zero-order valence-corrected chi connectivity index (χ0v) is 12.9. The molecule has 3 heteroatoms. The van der Waals surface area contributed by atoms with Crippen LogP contribution in [0.15, 0.2) is 30.3 Å². The molecule has 1 aromatic heterocycles. The van der Waals surface area contributed by atoms with Gasteiger partial charge in [-0.1, -0.05) is 44.2 Å². The normalized spacial score (nSPS) is 14.2. The van der Waals surface area contributed by atoms with E-state index < -0.39 is 0 Å². The Balaban J connectivity index is 1.84. The highest BCUT2D eigenvalue weighted by Gasteiger charge is 2.19. The van der Waals surface area contributed by atoms with E-state index in [1.165, 1.54) is 22.5 Å². The maximum absolute atomic E-state index is 4.86. The number of benzene rings is 1. The molecule has 1 aliphatic rings. The molecule has 0 saturated heterocycles. The lowest BCUT2D eigenvalue weighted by Gasteiger charge is -2.21. The van der Waals surface area contributed by atoms with Crippen molar-refractivity contribution in [3.8, 4) is 0 Å². The van der Waals surface area contributed by atoms with Crippen LogP contribution in [0.4, 0.5) is 0 Å². The van der Waals surface area contributed by atoms with Crippen molar-refractivity contribution in [3.63, 3.8) is 0 Å². The van der Waals surface area contributed by atoms with Gasteiger partial charge in [-0.05, 0) is 36.4 Å². The van der Waals surface area contributed by atoms with Crippen molar-refractivity contribution in [1.82, 2.24) is 15.3 Å². The van der Waals surface area contributed by atoms with E-state index in [4.69, 9.17) is 9.97 Å². The second kappa shape index (κ2) is 6.35. The van der Waals surface area contributed by atoms with Crippen molar-refractivity contribution in [2.24, 2.45) is 0 Å². The molecule has 0 unspecified atom stereocenters. The lowest BCUT2D eigenvalue weighted by Crippen LogP contribution is -2.27. The van der Waals surface area contributed by atoms with Crippen molar-refractivity contribution >= 4 is 0 Å². The molecular weight excluding hydrogens is 258 g/mol. The number of rotatable bonds is 4. The molecule has 0 aliphatic carbocycles. The Hall–Kier alpha value is -1.74. The number of nitrogens with zero attached hydrogens (tertiary/aromatic N) is 2. The van der Waals surface area contributed by atoms with Crippen molar-refractivity contribution < 1.29 is 0 Å². The monoisotopic (exact) mass is 281 g/mol. The number of hydrogen-bond acceptors (Lipinski definition) is 3. The quantitative estimate of drug-likeness (QED) is 0.936. The third kappa shape index (κ3) is 3.30. The van der Waals surface area contributed by atoms with Gasteiger partial charge in [-0.3, -0.25) is 0 Å². The van der Waals surface area contributed by atoms with Gasteiger partial charge in [0, 0.05) is 13.0 Å². The minimum absolute atomic E-state index is 0.468. The number of hydrogen-bond donors (Lipinski definition) is 1. The van der Waals surface area contributed by atoms with Gasteiger partial charge < -0.3 is 5.32 Å². The average molecular weight is 281 g/mol.